The molecule has 202 valence electrons. The third-order valence-corrected chi connectivity index (χ3v) is 7.13. The van der Waals surface area contributed by atoms with E-state index in [1.807, 2.05) is 41.2 Å². The Labute approximate surface area is 226 Å². The number of nitrogens with zero attached hydrogens (tertiary/aromatic N) is 2. The molecule has 2 aromatic carbocycles. The third-order valence-electron chi connectivity index (χ3n) is 6.53. The number of carbonyl (C=O) groups excluding carboxylic acids is 1. The zero-order valence-corrected chi connectivity index (χ0v) is 22.2. The lowest BCUT2D eigenvalue weighted by molar-refractivity contribution is -0.117. The van der Waals surface area contributed by atoms with E-state index >= 15 is 0 Å². The van der Waals surface area contributed by atoms with Crippen LogP contribution in [0.4, 0.5) is 5.69 Å². The number of rotatable bonds is 10. The maximum atomic E-state index is 13.1. The molecule has 0 bridgehead atoms. The molecule has 1 atom stereocenters. The van der Waals surface area contributed by atoms with E-state index in [0.29, 0.717) is 35.4 Å². The van der Waals surface area contributed by atoms with E-state index < -0.39 is 22.3 Å². The van der Waals surface area contributed by atoms with E-state index in [2.05, 4.69) is 21.7 Å². The predicted molar refractivity (Wildman–Crippen MR) is 152 cm³/mol. The Bertz CT molecular complexity index is 1650. The number of aliphatic hydroxyl groups is 1. The van der Waals surface area contributed by atoms with Crippen LogP contribution in [0.2, 0.25) is 0 Å². The van der Waals surface area contributed by atoms with Gasteiger partial charge in [0.05, 0.1) is 35.4 Å². The molecule has 39 heavy (non-hydrogen) atoms. The molecule has 1 amide bonds. The van der Waals surface area contributed by atoms with Crippen molar-refractivity contribution in [2.24, 2.45) is 4.99 Å². The van der Waals surface area contributed by atoms with Crippen molar-refractivity contribution in [3.8, 4) is 0 Å². The molecule has 1 unspecified atom stereocenters. The van der Waals surface area contributed by atoms with Crippen LogP contribution in [0, 0.1) is 5.41 Å². The van der Waals surface area contributed by atoms with Crippen molar-refractivity contribution in [3.05, 3.63) is 77.5 Å². The van der Waals surface area contributed by atoms with Crippen LogP contribution in [0.25, 0.3) is 22.2 Å². The largest absolute Gasteiger partial charge is 0.384 e. The maximum absolute atomic E-state index is 13.1. The van der Waals surface area contributed by atoms with Crippen molar-refractivity contribution in [1.82, 2.24) is 9.88 Å². The van der Waals surface area contributed by atoms with Crippen molar-refractivity contribution in [1.29, 1.82) is 5.41 Å². The molecular formula is C28H29N5O5S. The molecule has 0 saturated carbocycles. The number of nitrogens with one attached hydrogen (secondary N) is 3. The van der Waals surface area contributed by atoms with Crippen LogP contribution < -0.4 is 10.6 Å². The van der Waals surface area contributed by atoms with Crippen LogP contribution in [0.3, 0.4) is 0 Å². The third kappa shape index (κ3) is 5.56. The number of amides is 1. The highest BCUT2D eigenvalue weighted by molar-refractivity contribution is 7.85. The molecule has 2 aliphatic rings. The molecule has 10 nitrogen and oxygen atoms in total. The summed E-state index contributed by atoms with van der Waals surface area (Å²) in [5.41, 5.74) is 3.93. The number of aliphatic hydroxyl groups excluding tert-OH is 1. The number of hydrogen-bond donors (Lipinski definition) is 4. The Kier molecular flexibility index (Phi) is 7.47. The number of carbonyl (C=O) groups is 1. The quantitative estimate of drug-likeness (QED) is 0.174. The fourth-order valence-corrected chi connectivity index (χ4v) is 5.24. The van der Waals surface area contributed by atoms with Gasteiger partial charge in [-0.25, -0.2) is 0 Å². The Balaban J connectivity index is 1.52. The topological polar surface area (TPSA) is 146 Å². The van der Waals surface area contributed by atoms with Gasteiger partial charge >= 0.3 is 0 Å². The maximum Gasteiger partial charge on any atom is 0.264 e. The number of aromatic nitrogens is 1. The second-order valence-electron chi connectivity index (χ2n) is 9.27. The van der Waals surface area contributed by atoms with Crippen LogP contribution in [0.15, 0.2) is 71.4 Å². The molecule has 3 heterocycles. The molecule has 0 radical (unpaired) electrons. The minimum atomic E-state index is -3.52. The normalized spacial score (nSPS) is 17.4. The van der Waals surface area contributed by atoms with Gasteiger partial charge in [-0.15, -0.1) is 0 Å². The SMILES string of the molecule is CS(=O)(=O)OCCCNc1ccccc1C(=N)C1=C(c2cn(C3=CCCN=C3)c3ccccc23)C(O)NC1=O. The Morgan fingerprint density at radius 1 is 1.23 bits per heavy atom. The van der Waals surface area contributed by atoms with E-state index in [-0.39, 0.29) is 17.9 Å². The molecule has 5 rings (SSSR count). The minimum absolute atomic E-state index is 0.0283. The van der Waals surface area contributed by atoms with Crippen molar-refractivity contribution in [2.45, 2.75) is 19.1 Å². The van der Waals surface area contributed by atoms with Gasteiger partial charge in [0.15, 0.2) is 6.23 Å². The highest BCUT2D eigenvalue weighted by atomic mass is 32.2. The van der Waals surface area contributed by atoms with Crippen molar-refractivity contribution >= 4 is 55.8 Å². The van der Waals surface area contributed by atoms with Gasteiger partial charge in [0.1, 0.15) is 0 Å². The van der Waals surface area contributed by atoms with Crippen molar-refractivity contribution in [2.75, 3.05) is 31.3 Å². The first-order valence-corrected chi connectivity index (χ1v) is 14.4. The highest BCUT2D eigenvalue weighted by Crippen LogP contribution is 2.36. The van der Waals surface area contributed by atoms with Gasteiger partial charge in [-0.1, -0.05) is 42.5 Å². The molecule has 0 saturated heterocycles. The van der Waals surface area contributed by atoms with E-state index in [4.69, 9.17) is 9.59 Å². The van der Waals surface area contributed by atoms with E-state index in [1.165, 1.54) is 0 Å². The predicted octanol–water partition coefficient (Wildman–Crippen LogP) is 3.00. The average Bonchev–Trinajstić information content (AvgIpc) is 3.44. The summed E-state index contributed by atoms with van der Waals surface area (Å²) in [6, 6.07) is 14.8. The minimum Gasteiger partial charge on any atom is -0.384 e. The lowest BCUT2D eigenvalue weighted by Crippen LogP contribution is -2.28. The second-order valence-corrected chi connectivity index (χ2v) is 10.9. The number of fused-ring (bicyclic) bond motifs is 1. The Morgan fingerprint density at radius 2 is 2.00 bits per heavy atom. The standard InChI is InChI=1S/C28H29N5O5S/c1-39(36,37)38-15-7-14-31-22-11-4-2-10-20(22)26(29)25-24(27(34)32-28(25)35)21-17-33(18-8-6-13-30-16-18)23-12-5-3-9-19(21)23/h2-5,8-12,16-17,27,29,31,34H,6-7,13-15H2,1H3,(H,32,35). The number of dihydropyridines is 1. The summed E-state index contributed by atoms with van der Waals surface area (Å²) in [7, 11) is -3.52. The van der Waals surface area contributed by atoms with Gasteiger partial charge in [0, 0.05) is 53.3 Å². The lowest BCUT2D eigenvalue weighted by atomic mass is 9.93. The molecule has 0 spiro atoms. The monoisotopic (exact) mass is 547 g/mol. The van der Waals surface area contributed by atoms with Gasteiger partial charge in [-0.3, -0.25) is 19.4 Å². The van der Waals surface area contributed by atoms with Crippen LogP contribution in [-0.4, -0.2) is 68.1 Å². The lowest BCUT2D eigenvalue weighted by Gasteiger charge is -2.14. The number of benzene rings is 2. The highest BCUT2D eigenvalue weighted by Gasteiger charge is 2.36. The number of hydrogen-bond acceptors (Lipinski definition) is 8. The molecule has 3 aromatic rings. The van der Waals surface area contributed by atoms with E-state index in [9.17, 15) is 18.3 Å². The number of allylic oxidation sites excluding steroid dienone is 1. The fraction of sp³-hybridized carbons (Fsp3) is 0.250. The zero-order valence-electron chi connectivity index (χ0n) is 21.3. The summed E-state index contributed by atoms with van der Waals surface area (Å²) in [5.74, 6) is -0.533. The van der Waals surface area contributed by atoms with Gasteiger partial charge in [-0.2, -0.15) is 8.42 Å². The molecule has 0 aliphatic carbocycles. The van der Waals surface area contributed by atoms with Crippen LogP contribution in [0.5, 0.6) is 0 Å². The number of para-hydroxylation sites is 2. The molecule has 11 heteroatoms. The molecule has 4 N–H and O–H groups in total. The number of aliphatic imine (C=N–C) groups is 1. The van der Waals surface area contributed by atoms with Crippen molar-refractivity contribution in [3.63, 3.8) is 0 Å². The Hall–Kier alpha value is -4.06. The van der Waals surface area contributed by atoms with Crippen LogP contribution in [0.1, 0.15) is 24.0 Å². The van der Waals surface area contributed by atoms with E-state index in [1.54, 1.807) is 24.3 Å². The summed E-state index contributed by atoms with van der Waals surface area (Å²) in [4.78, 5) is 17.5. The fourth-order valence-electron chi connectivity index (χ4n) is 4.82. The zero-order chi connectivity index (χ0) is 27.6. The second kappa shape index (κ2) is 11.0. The Morgan fingerprint density at radius 3 is 2.77 bits per heavy atom. The van der Waals surface area contributed by atoms with Gasteiger partial charge in [0.2, 0.25) is 0 Å². The molecule has 0 fully saturated rings. The first-order chi connectivity index (χ1) is 18.7. The average molecular weight is 548 g/mol. The van der Waals surface area contributed by atoms with Crippen molar-refractivity contribution < 1.29 is 22.5 Å². The summed E-state index contributed by atoms with van der Waals surface area (Å²) in [6.07, 6.45) is 6.74. The van der Waals surface area contributed by atoms with Crippen LogP contribution >= 0.6 is 0 Å². The number of anilines is 1. The summed E-state index contributed by atoms with van der Waals surface area (Å²) in [6.45, 7) is 1.16. The molecule has 1 aromatic heterocycles. The molecule has 2 aliphatic heterocycles. The van der Waals surface area contributed by atoms with Gasteiger partial charge < -0.3 is 20.3 Å². The summed E-state index contributed by atoms with van der Waals surface area (Å²) < 4.78 is 29.2. The van der Waals surface area contributed by atoms with Gasteiger partial charge in [-0.05, 0) is 25.0 Å². The van der Waals surface area contributed by atoms with Crippen LogP contribution in [-0.2, 0) is 19.1 Å². The van der Waals surface area contributed by atoms with E-state index in [0.717, 1.165) is 35.8 Å². The summed E-state index contributed by atoms with van der Waals surface area (Å²) >= 11 is 0. The van der Waals surface area contributed by atoms with Gasteiger partial charge in [0.25, 0.3) is 16.0 Å². The first-order valence-electron chi connectivity index (χ1n) is 12.5. The summed E-state index contributed by atoms with van der Waals surface area (Å²) in [5, 5.41) is 26.7. The first kappa shape index (κ1) is 26.5. The smallest absolute Gasteiger partial charge is 0.264 e. The molecular weight excluding hydrogens is 518 g/mol.